The monoisotopic (exact) mass is 422 g/mol. The predicted octanol–water partition coefficient (Wildman–Crippen LogP) is 5.40. The van der Waals surface area contributed by atoms with Gasteiger partial charge in [0.15, 0.2) is 0 Å². The summed E-state index contributed by atoms with van der Waals surface area (Å²) in [7, 11) is 0. The summed E-state index contributed by atoms with van der Waals surface area (Å²) in [6, 6.07) is 20.5. The maximum absolute atomic E-state index is 5.03. The van der Waals surface area contributed by atoms with Gasteiger partial charge in [0.2, 0.25) is 0 Å². The number of pyridine rings is 2. The van der Waals surface area contributed by atoms with Gasteiger partial charge in [0.25, 0.3) is 0 Å². The highest BCUT2D eigenvalue weighted by molar-refractivity contribution is 5.65. The van der Waals surface area contributed by atoms with Gasteiger partial charge in [-0.3, -0.25) is 14.9 Å². The van der Waals surface area contributed by atoms with Crippen LogP contribution in [0.3, 0.4) is 0 Å². The lowest BCUT2D eigenvalue weighted by Crippen LogP contribution is -2.34. The summed E-state index contributed by atoms with van der Waals surface area (Å²) in [5.74, 6) is 1.67. The van der Waals surface area contributed by atoms with E-state index in [0.29, 0.717) is 0 Å². The molecule has 160 valence electrons. The lowest BCUT2D eigenvalue weighted by atomic mass is 10.00. The Morgan fingerprint density at radius 3 is 2.38 bits per heavy atom. The van der Waals surface area contributed by atoms with Crippen molar-refractivity contribution in [2.45, 2.75) is 31.8 Å². The predicted molar refractivity (Wildman–Crippen MR) is 126 cm³/mol. The van der Waals surface area contributed by atoms with Crippen LogP contribution in [0.1, 0.15) is 36.7 Å². The van der Waals surface area contributed by atoms with Crippen LogP contribution in [0.15, 0.2) is 85.5 Å². The minimum atomic E-state index is 0.176. The van der Waals surface area contributed by atoms with Crippen LogP contribution in [-0.4, -0.2) is 31.4 Å². The molecule has 1 aliphatic heterocycles. The maximum Gasteiger partial charge on any atom is 0.148 e. The zero-order chi connectivity index (χ0) is 21.6. The first-order valence-electron chi connectivity index (χ1n) is 11.1. The normalized spacial score (nSPS) is 16.6. The molecule has 4 aromatic rings. The van der Waals surface area contributed by atoms with Crippen molar-refractivity contribution in [2.75, 3.05) is 11.9 Å². The highest BCUT2D eigenvalue weighted by Gasteiger charge is 2.27. The number of anilines is 2. The molecule has 1 saturated heterocycles. The SMILES string of the molecule is c1ccc(Nc2cc(-c3ccncc3)nc([C@@H]3CCCCN3Cc3ccncc3)n2)cc1. The maximum atomic E-state index is 5.03. The summed E-state index contributed by atoms with van der Waals surface area (Å²) in [5, 5.41) is 3.46. The van der Waals surface area contributed by atoms with Crippen molar-refractivity contribution in [3.8, 4) is 11.3 Å². The average molecular weight is 423 g/mol. The number of rotatable bonds is 6. The second kappa shape index (κ2) is 9.66. The molecule has 0 saturated carbocycles. The summed E-state index contributed by atoms with van der Waals surface area (Å²) in [4.78, 5) is 20.8. The van der Waals surface area contributed by atoms with Crippen LogP contribution >= 0.6 is 0 Å². The van der Waals surface area contributed by atoms with Gasteiger partial charge in [0.1, 0.15) is 11.6 Å². The number of benzene rings is 1. The van der Waals surface area contributed by atoms with Crippen LogP contribution in [-0.2, 0) is 6.54 Å². The summed E-state index contributed by atoms with van der Waals surface area (Å²) in [6.07, 6.45) is 10.8. The van der Waals surface area contributed by atoms with E-state index in [0.717, 1.165) is 48.1 Å². The zero-order valence-corrected chi connectivity index (χ0v) is 17.9. The first-order valence-corrected chi connectivity index (χ1v) is 11.1. The van der Waals surface area contributed by atoms with Crippen molar-refractivity contribution in [1.29, 1.82) is 0 Å². The van der Waals surface area contributed by atoms with E-state index in [1.807, 2.05) is 60.9 Å². The van der Waals surface area contributed by atoms with Crippen molar-refractivity contribution in [3.05, 3.63) is 96.8 Å². The number of likely N-dealkylation sites (tertiary alicyclic amines) is 1. The van der Waals surface area contributed by atoms with Gasteiger partial charge < -0.3 is 5.32 Å². The standard InChI is InChI=1S/C26H26N6/c1-2-6-22(7-3-1)29-25-18-23(21-11-15-28-16-12-21)30-26(31-25)24-8-4-5-17-32(24)19-20-9-13-27-14-10-20/h1-3,6-7,9-16,18,24H,4-5,8,17,19H2,(H,29,30,31)/t24-/m0/s1. The fraction of sp³-hybridized carbons (Fsp3) is 0.231. The van der Waals surface area contributed by atoms with E-state index in [4.69, 9.17) is 9.97 Å². The molecule has 3 aromatic heterocycles. The third kappa shape index (κ3) is 4.81. The van der Waals surface area contributed by atoms with E-state index in [-0.39, 0.29) is 6.04 Å². The molecule has 1 aliphatic rings. The van der Waals surface area contributed by atoms with Crippen molar-refractivity contribution in [2.24, 2.45) is 0 Å². The Kier molecular flexibility index (Phi) is 6.12. The summed E-state index contributed by atoms with van der Waals surface area (Å²) in [6.45, 7) is 1.91. The van der Waals surface area contributed by atoms with Crippen LogP contribution in [0, 0.1) is 0 Å². The molecule has 6 nitrogen and oxygen atoms in total. The van der Waals surface area contributed by atoms with Crippen LogP contribution < -0.4 is 5.32 Å². The number of nitrogens with zero attached hydrogens (tertiary/aromatic N) is 5. The van der Waals surface area contributed by atoms with E-state index in [1.165, 1.54) is 18.4 Å². The molecule has 5 rings (SSSR count). The quantitative estimate of drug-likeness (QED) is 0.448. The highest BCUT2D eigenvalue weighted by atomic mass is 15.2. The van der Waals surface area contributed by atoms with E-state index in [9.17, 15) is 0 Å². The minimum absolute atomic E-state index is 0.176. The molecule has 0 bridgehead atoms. The Morgan fingerprint density at radius 1 is 0.844 bits per heavy atom. The Bertz CT molecular complexity index is 1130. The molecule has 0 aliphatic carbocycles. The van der Waals surface area contributed by atoms with Gasteiger partial charge in [-0.15, -0.1) is 0 Å². The molecule has 0 unspecified atom stereocenters. The van der Waals surface area contributed by atoms with Crippen LogP contribution in [0.2, 0.25) is 0 Å². The number of para-hydroxylation sites is 1. The number of piperidine rings is 1. The molecule has 32 heavy (non-hydrogen) atoms. The van der Waals surface area contributed by atoms with Gasteiger partial charge in [-0.2, -0.15) is 0 Å². The van der Waals surface area contributed by atoms with Crippen LogP contribution in [0.25, 0.3) is 11.3 Å². The second-order valence-electron chi connectivity index (χ2n) is 8.06. The fourth-order valence-electron chi connectivity index (χ4n) is 4.21. The highest BCUT2D eigenvalue weighted by Crippen LogP contribution is 2.33. The molecule has 6 heteroatoms. The first-order chi connectivity index (χ1) is 15.8. The zero-order valence-electron chi connectivity index (χ0n) is 17.9. The van der Waals surface area contributed by atoms with Gasteiger partial charge in [-0.1, -0.05) is 24.6 Å². The van der Waals surface area contributed by atoms with Crippen LogP contribution in [0.5, 0.6) is 0 Å². The number of hydrogen-bond donors (Lipinski definition) is 1. The smallest absolute Gasteiger partial charge is 0.148 e. The summed E-state index contributed by atoms with van der Waals surface area (Å²) in [5.41, 5.74) is 4.22. The summed E-state index contributed by atoms with van der Waals surface area (Å²) < 4.78 is 0. The van der Waals surface area contributed by atoms with E-state index < -0.39 is 0 Å². The lowest BCUT2D eigenvalue weighted by molar-refractivity contribution is 0.134. The van der Waals surface area contributed by atoms with Gasteiger partial charge >= 0.3 is 0 Å². The average Bonchev–Trinajstić information content (AvgIpc) is 2.86. The topological polar surface area (TPSA) is 66.8 Å². The Hall–Kier alpha value is -3.64. The Labute approximate surface area is 188 Å². The molecule has 0 amide bonds. The minimum Gasteiger partial charge on any atom is -0.340 e. The van der Waals surface area contributed by atoms with E-state index in [1.54, 1.807) is 12.4 Å². The van der Waals surface area contributed by atoms with Gasteiger partial charge in [-0.05, 0) is 61.3 Å². The third-order valence-electron chi connectivity index (χ3n) is 5.81. The first kappa shape index (κ1) is 20.3. The molecule has 4 heterocycles. The Morgan fingerprint density at radius 2 is 1.59 bits per heavy atom. The second-order valence-corrected chi connectivity index (χ2v) is 8.06. The Balaban J connectivity index is 1.51. The van der Waals surface area contributed by atoms with Crippen molar-refractivity contribution in [1.82, 2.24) is 24.8 Å². The third-order valence-corrected chi connectivity index (χ3v) is 5.81. The summed E-state index contributed by atoms with van der Waals surface area (Å²) >= 11 is 0. The van der Waals surface area contributed by atoms with Crippen molar-refractivity contribution < 1.29 is 0 Å². The molecule has 1 aromatic carbocycles. The number of hydrogen-bond acceptors (Lipinski definition) is 6. The van der Waals surface area contributed by atoms with Crippen molar-refractivity contribution in [3.63, 3.8) is 0 Å². The largest absolute Gasteiger partial charge is 0.340 e. The molecule has 0 radical (unpaired) electrons. The van der Waals surface area contributed by atoms with Gasteiger partial charge in [0.05, 0.1) is 11.7 Å². The number of nitrogens with one attached hydrogen (secondary N) is 1. The van der Waals surface area contributed by atoms with Crippen LogP contribution in [0.4, 0.5) is 11.5 Å². The van der Waals surface area contributed by atoms with E-state index >= 15 is 0 Å². The van der Waals surface area contributed by atoms with Crippen molar-refractivity contribution >= 4 is 11.5 Å². The molecular formula is C26H26N6. The van der Waals surface area contributed by atoms with Gasteiger partial charge in [-0.25, -0.2) is 9.97 Å². The lowest BCUT2D eigenvalue weighted by Gasteiger charge is -2.35. The van der Waals surface area contributed by atoms with Gasteiger partial charge in [0, 0.05) is 48.6 Å². The molecule has 0 spiro atoms. The molecule has 1 N–H and O–H groups in total. The molecule has 1 fully saturated rings. The molecular weight excluding hydrogens is 396 g/mol. The number of aromatic nitrogens is 4. The van der Waals surface area contributed by atoms with E-state index in [2.05, 4.69) is 32.3 Å². The molecule has 1 atom stereocenters. The fourth-order valence-corrected chi connectivity index (χ4v) is 4.21.